The van der Waals surface area contributed by atoms with Crippen LogP contribution < -0.4 is 5.32 Å². The highest BCUT2D eigenvalue weighted by Gasteiger charge is 2.28. The summed E-state index contributed by atoms with van der Waals surface area (Å²) in [5, 5.41) is 12.8. The minimum absolute atomic E-state index is 0.0691. The molecule has 0 radical (unpaired) electrons. The molecule has 1 aromatic rings. The summed E-state index contributed by atoms with van der Waals surface area (Å²) in [7, 11) is 1.91. The van der Waals surface area contributed by atoms with Crippen molar-refractivity contribution in [3.8, 4) is 0 Å². The Labute approximate surface area is 94.9 Å². The molecule has 2 atom stereocenters. The highest BCUT2D eigenvalue weighted by Crippen LogP contribution is 2.14. The van der Waals surface area contributed by atoms with E-state index >= 15 is 0 Å². The number of aliphatic hydroxyl groups is 1. The van der Waals surface area contributed by atoms with Gasteiger partial charge in [-0.05, 0) is 13.1 Å². The van der Waals surface area contributed by atoms with E-state index in [0.29, 0.717) is 18.7 Å². The van der Waals surface area contributed by atoms with E-state index in [2.05, 4.69) is 5.32 Å². The van der Waals surface area contributed by atoms with Crippen LogP contribution in [0.3, 0.4) is 0 Å². The molecule has 1 aromatic carbocycles. The summed E-state index contributed by atoms with van der Waals surface area (Å²) in [5.74, 6) is -0.185. The fourth-order valence-electron chi connectivity index (χ4n) is 2.11. The van der Waals surface area contributed by atoms with Gasteiger partial charge in [0.05, 0.1) is 6.10 Å². The number of aliphatic hydroxyl groups excluding tert-OH is 1. The van der Waals surface area contributed by atoms with Gasteiger partial charge in [0.1, 0.15) is 5.82 Å². The zero-order chi connectivity index (χ0) is 11.5. The first-order chi connectivity index (χ1) is 7.68. The van der Waals surface area contributed by atoms with Gasteiger partial charge in [-0.3, -0.25) is 4.90 Å². The summed E-state index contributed by atoms with van der Waals surface area (Å²) < 4.78 is 13.4. The van der Waals surface area contributed by atoms with Crippen molar-refractivity contribution < 1.29 is 9.50 Å². The summed E-state index contributed by atoms with van der Waals surface area (Å²) in [4.78, 5) is 1.99. The van der Waals surface area contributed by atoms with Gasteiger partial charge in [0.25, 0.3) is 0 Å². The lowest BCUT2D eigenvalue weighted by Crippen LogP contribution is -2.40. The van der Waals surface area contributed by atoms with E-state index in [1.54, 1.807) is 12.1 Å². The van der Waals surface area contributed by atoms with Gasteiger partial charge in [0.15, 0.2) is 0 Å². The van der Waals surface area contributed by atoms with Crippen molar-refractivity contribution >= 4 is 0 Å². The zero-order valence-corrected chi connectivity index (χ0v) is 9.36. The molecule has 1 aliphatic heterocycles. The van der Waals surface area contributed by atoms with Crippen LogP contribution >= 0.6 is 0 Å². The minimum atomic E-state index is -0.364. The Morgan fingerprint density at radius 2 is 2.19 bits per heavy atom. The lowest BCUT2D eigenvalue weighted by molar-refractivity contribution is 0.0949. The maximum atomic E-state index is 13.4. The second kappa shape index (κ2) is 4.91. The van der Waals surface area contributed by atoms with Gasteiger partial charge in [-0.25, -0.2) is 4.39 Å². The lowest BCUT2D eigenvalue weighted by atomic mass is 10.1. The monoisotopic (exact) mass is 224 g/mol. The van der Waals surface area contributed by atoms with E-state index in [0.717, 1.165) is 6.54 Å². The number of nitrogens with one attached hydrogen (secondary N) is 1. The molecule has 16 heavy (non-hydrogen) atoms. The van der Waals surface area contributed by atoms with Crippen LogP contribution in [-0.2, 0) is 6.54 Å². The van der Waals surface area contributed by atoms with Crippen LogP contribution in [0.5, 0.6) is 0 Å². The maximum absolute atomic E-state index is 13.4. The largest absolute Gasteiger partial charge is 0.390 e. The van der Waals surface area contributed by atoms with E-state index < -0.39 is 0 Å². The summed E-state index contributed by atoms with van der Waals surface area (Å²) in [5.41, 5.74) is 0.670. The fraction of sp³-hybridized carbons (Fsp3) is 0.500. The van der Waals surface area contributed by atoms with Crippen molar-refractivity contribution in [2.45, 2.75) is 18.7 Å². The topological polar surface area (TPSA) is 35.5 Å². The van der Waals surface area contributed by atoms with E-state index in [-0.39, 0.29) is 18.0 Å². The van der Waals surface area contributed by atoms with Crippen molar-refractivity contribution in [1.82, 2.24) is 10.2 Å². The molecule has 88 valence electrons. The number of β-amino-alcohol motifs (C(OH)–C–C–N with tert-alkyl or cyclic N) is 1. The quantitative estimate of drug-likeness (QED) is 0.789. The van der Waals surface area contributed by atoms with Crippen LogP contribution in [0.25, 0.3) is 0 Å². The fourth-order valence-corrected chi connectivity index (χ4v) is 2.11. The summed E-state index contributed by atoms with van der Waals surface area (Å²) in [6.07, 6.45) is -0.364. The predicted octanol–water partition coefficient (Wildman–Crippen LogP) is 0.590. The molecule has 3 nitrogen and oxygen atoms in total. The lowest BCUT2D eigenvalue weighted by Gasteiger charge is -2.26. The molecule has 0 aliphatic carbocycles. The molecule has 2 N–H and O–H groups in total. The van der Waals surface area contributed by atoms with Crippen LogP contribution in [0.2, 0.25) is 0 Å². The third kappa shape index (κ3) is 2.40. The highest BCUT2D eigenvalue weighted by atomic mass is 19.1. The van der Waals surface area contributed by atoms with Crippen LogP contribution in [-0.4, -0.2) is 42.3 Å². The van der Waals surface area contributed by atoms with Crippen LogP contribution in [0.4, 0.5) is 4.39 Å². The van der Waals surface area contributed by atoms with E-state index in [1.165, 1.54) is 6.07 Å². The zero-order valence-electron chi connectivity index (χ0n) is 9.36. The number of hydrogen-bond donors (Lipinski definition) is 2. The summed E-state index contributed by atoms with van der Waals surface area (Å²) in [6, 6.07) is 6.83. The predicted molar refractivity (Wildman–Crippen MR) is 60.5 cm³/mol. The van der Waals surface area contributed by atoms with Gasteiger partial charge in [-0.1, -0.05) is 18.2 Å². The van der Waals surface area contributed by atoms with Gasteiger partial charge >= 0.3 is 0 Å². The Hall–Kier alpha value is -0.970. The van der Waals surface area contributed by atoms with Crippen molar-refractivity contribution in [1.29, 1.82) is 0 Å². The van der Waals surface area contributed by atoms with Gasteiger partial charge in [0, 0.05) is 31.2 Å². The number of rotatable bonds is 3. The Balaban J connectivity index is 2.02. The smallest absolute Gasteiger partial charge is 0.127 e. The van der Waals surface area contributed by atoms with Crippen LogP contribution in [0.1, 0.15) is 5.56 Å². The molecule has 1 saturated heterocycles. The second-order valence-electron chi connectivity index (χ2n) is 4.30. The van der Waals surface area contributed by atoms with Crippen LogP contribution in [0.15, 0.2) is 24.3 Å². The highest BCUT2D eigenvalue weighted by molar-refractivity contribution is 5.17. The molecule has 0 amide bonds. The maximum Gasteiger partial charge on any atom is 0.127 e. The van der Waals surface area contributed by atoms with E-state index in [1.807, 2.05) is 18.0 Å². The molecule has 0 saturated carbocycles. The average Bonchev–Trinajstić information content (AvgIpc) is 2.68. The van der Waals surface area contributed by atoms with Gasteiger partial charge in [0.2, 0.25) is 0 Å². The number of hydrogen-bond acceptors (Lipinski definition) is 3. The number of likely N-dealkylation sites (N-methyl/N-ethyl adjacent to an activating group) is 1. The van der Waals surface area contributed by atoms with Crippen molar-refractivity contribution in [2.75, 3.05) is 20.1 Å². The molecule has 0 spiro atoms. The Kier molecular flexibility index (Phi) is 3.53. The number of nitrogens with zero attached hydrogens (tertiary/aromatic N) is 1. The first-order valence-electron chi connectivity index (χ1n) is 5.51. The Morgan fingerprint density at radius 1 is 1.44 bits per heavy atom. The van der Waals surface area contributed by atoms with Crippen molar-refractivity contribution in [2.24, 2.45) is 0 Å². The van der Waals surface area contributed by atoms with Crippen molar-refractivity contribution in [3.05, 3.63) is 35.6 Å². The first kappa shape index (κ1) is 11.5. The molecule has 4 heteroatoms. The molecule has 1 aliphatic rings. The minimum Gasteiger partial charge on any atom is -0.390 e. The number of benzene rings is 1. The van der Waals surface area contributed by atoms with Gasteiger partial charge < -0.3 is 10.4 Å². The normalized spacial score (nSPS) is 25.2. The molecule has 2 rings (SSSR count). The second-order valence-corrected chi connectivity index (χ2v) is 4.30. The van der Waals surface area contributed by atoms with Gasteiger partial charge in [-0.15, -0.1) is 0 Å². The Morgan fingerprint density at radius 3 is 2.81 bits per heavy atom. The molecule has 2 unspecified atom stereocenters. The number of halogens is 1. The molecular weight excluding hydrogens is 207 g/mol. The summed E-state index contributed by atoms with van der Waals surface area (Å²) in [6.45, 7) is 1.90. The third-order valence-electron chi connectivity index (χ3n) is 3.09. The SMILES string of the molecule is CN(Cc1ccccc1F)C1CNCC1O. The van der Waals surface area contributed by atoms with E-state index in [4.69, 9.17) is 0 Å². The molecule has 1 heterocycles. The first-order valence-corrected chi connectivity index (χ1v) is 5.51. The standard InChI is InChI=1S/C12H17FN2O/c1-15(11-6-14-7-12(11)16)8-9-4-2-3-5-10(9)13/h2-5,11-12,14,16H,6-8H2,1H3. The van der Waals surface area contributed by atoms with E-state index in [9.17, 15) is 9.50 Å². The third-order valence-corrected chi connectivity index (χ3v) is 3.09. The van der Waals surface area contributed by atoms with Crippen molar-refractivity contribution in [3.63, 3.8) is 0 Å². The molecule has 1 fully saturated rings. The van der Waals surface area contributed by atoms with Gasteiger partial charge in [-0.2, -0.15) is 0 Å². The molecule has 0 aromatic heterocycles. The molecule has 0 bridgehead atoms. The Bertz CT molecular complexity index is 359. The molecular formula is C12H17FN2O. The van der Waals surface area contributed by atoms with Crippen LogP contribution in [0, 0.1) is 5.82 Å². The average molecular weight is 224 g/mol. The summed E-state index contributed by atoms with van der Waals surface area (Å²) >= 11 is 0.